The highest BCUT2D eigenvalue weighted by Gasteiger charge is 2.19. The highest BCUT2D eigenvalue weighted by molar-refractivity contribution is 5.71. The van der Waals surface area contributed by atoms with Gasteiger partial charge in [0.2, 0.25) is 0 Å². The van der Waals surface area contributed by atoms with Gasteiger partial charge in [-0.3, -0.25) is 14.4 Å². The number of esters is 3. The number of hydrogen-bond donors (Lipinski definition) is 0. The maximum absolute atomic E-state index is 12.8. The zero-order chi connectivity index (χ0) is 48.6. The Morgan fingerprint density at radius 2 is 0.552 bits per heavy atom. The predicted molar refractivity (Wildman–Crippen MR) is 288 cm³/mol. The van der Waals surface area contributed by atoms with Crippen molar-refractivity contribution in [3.05, 3.63) is 85.1 Å². The normalized spacial score (nSPS) is 12.7. The van der Waals surface area contributed by atoms with Crippen LogP contribution in [0.4, 0.5) is 0 Å². The minimum atomic E-state index is -0.795. The molecule has 0 unspecified atom stereocenters. The van der Waals surface area contributed by atoms with Crippen molar-refractivity contribution in [2.24, 2.45) is 0 Å². The van der Waals surface area contributed by atoms with Gasteiger partial charge in [0, 0.05) is 19.3 Å². The molecule has 0 saturated heterocycles. The predicted octanol–water partition coefficient (Wildman–Crippen LogP) is 18.8. The second-order valence-corrected chi connectivity index (χ2v) is 18.5. The van der Waals surface area contributed by atoms with Gasteiger partial charge in [0.05, 0.1) is 0 Å². The average molecular weight is 933 g/mol. The number of carbonyl (C=O) groups excluding carboxylic acids is 3. The summed E-state index contributed by atoms with van der Waals surface area (Å²) >= 11 is 0. The van der Waals surface area contributed by atoms with Crippen LogP contribution in [0.2, 0.25) is 0 Å². The van der Waals surface area contributed by atoms with E-state index in [2.05, 4.69) is 106 Å². The molecule has 0 aromatic carbocycles. The van der Waals surface area contributed by atoms with Crippen LogP contribution in [-0.2, 0) is 28.6 Å². The van der Waals surface area contributed by atoms with E-state index in [4.69, 9.17) is 14.2 Å². The fourth-order valence-electron chi connectivity index (χ4n) is 7.55. The molecule has 0 fully saturated rings. The van der Waals surface area contributed by atoms with Gasteiger partial charge in [-0.25, -0.2) is 0 Å². The molecule has 384 valence electrons. The topological polar surface area (TPSA) is 78.9 Å². The van der Waals surface area contributed by atoms with Gasteiger partial charge in [0.25, 0.3) is 0 Å². The van der Waals surface area contributed by atoms with Gasteiger partial charge >= 0.3 is 17.9 Å². The quantitative estimate of drug-likeness (QED) is 0.0262. The van der Waals surface area contributed by atoms with Gasteiger partial charge in [0.15, 0.2) is 6.10 Å². The van der Waals surface area contributed by atoms with E-state index in [9.17, 15) is 14.4 Å². The Labute approximate surface area is 414 Å². The number of hydrogen-bond acceptors (Lipinski definition) is 6. The minimum absolute atomic E-state index is 0.0931. The Morgan fingerprint density at radius 1 is 0.299 bits per heavy atom. The number of rotatable bonds is 50. The van der Waals surface area contributed by atoms with E-state index >= 15 is 0 Å². The molecule has 0 saturated carbocycles. The molecule has 1 atom stereocenters. The first-order chi connectivity index (χ1) is 33.0. The molecule has 0 aliphatic carbocycles. The lowest BCUT2D eigenvalue weighted by Crippen LogP contribution is -2.30. The van der Waals surface area contributed by atoms with Gasteiger partial charge in [-0.15, -0.1) is 0 Å². The van der Waals surface area contributed by atoms with Crippen LogP contribution in [0, 0.1) is 0 Å². The first-order valence-corrected chi connectivity index (χ1v) is 28.1. The molecular formula is C61H104O6. The number of ether oxygens (including phenoxy) is 3. The Morgan fingerprint density at radius 3 is 0.910 bits per heavy atom. The third-order valence-corrected chi connectivity index (χ3v) is 11.8. The van der Waals surface area contributed by atoms with Crippen molar-refractivity contribution in [1.82, 2.24) is 0 Å². The Kier molecular flexibility index (Phi) is 52.4. The second-order valence-electron chi connectivity index (χ2n) is 18.5. The van der Waals surface area contributed by atoms with E-state index in [-0.39, 0.29) is 31.1 Å². The number of unbranched alkanes of at least 4 members (excludes halogenated alkanes) is 25. The SMILES string of the molecule is CCCC/C=C\CCCCCCCC(=O)OC[C@H](COC(=O)CCCCC/C=C\C/C=C\C/C=C\C/C=C\CCCCC)OC(=O)CCCCCCCCCCC/C=C\C/C=C\CCCCC. The molecule has 0 rings (SSSR count). The maximum Gasteiger partial charge on any atom is 0.306 e. The molecule has 6 nitrogen and oxygen atoms in total. The minimum Gasteiger partial charge on any atom is -0.462 e. The fraction of sp³-hybridized carbons (Fsp3) is 0.721. The lowest BCUT2D eigenvalue weighted by atomic mass is 10.1. The van der Waals surface area contributed by atoms with Gasteiger partial charge in [-0.05, 0) is 116 Å². The Hall–Kier alpha value is -3.41. The van der Waals surface area contributed by atoms with Crippen molar-refractivity contribution in [3.63, 3.8) is 0 Å². The Bertz CT molecular complexity index is 1300. The largest absolute Gasteiger partial charge is 0.462 e. The first kappa shape index (κ1) is 63.6. The Balaban J connectivity index is 4.41. The standard InChI is InChI=1S/C61H104O6/c1-4-7-10-13-16-19-22-24-26-28-30-32-34-36-39-42-45-48-51-54-60(63)66-57-58(56-65-59(62)53-50-47-44-41-38-21-18-15-12-9-6-3)67-61(64)55-52-49-46-43-40-37-35-33-31-29-27-25-23-20-17-14-11-8-5-2/h15-20,24-27,30,32,36,39,58H,4-14,21-23,28-29,31,33-35,37-38,40-57H2,1-3H3/b18-15-,19-16-,20-17-,26-24-,27-25-,32-30-,39-36-/t58-/m1/s1. The van der Waals surface area contributed by atoms with E-state index in [1.807, 2.05) is 0 Å². The van der Waals surface area contributed by atoms with Crippen molar-refractivity contribution in [2.45, 2.75) is 271 Å². The van der Waals surface area contributed by atoms with Crippen LogP contribution < -0.4 is 0 Å². The molecule has 0 radical (unpaired) electrons. The lowest BCUT2D eigenvalue weighted by Gasteiger charge is -2.18. The van der Waals surface area contributed by atoms with Crippen LogP contribution in [0.5, 0.6) is 0 Å². The van der Waals surface area contributed by atoms with Gasteiger partial charge < -0.3 is 14.2 Å². The van der Waals surface area contributed by atoms with Gasteiger partial charge in [0.1, 0.15) is 13.2 Å². The molecule has 0 aromatic heterocycles. The third-order valence-electron chi connectivity index (χ3n) is 11.8. The van der Waals surface area contributed by atoms with E-state index in [0.29, 0.717) is 19.3 Å². The number of allylic oxidation sites excluding steroid dienone is 14. The van der Waals surface area contributed by atoms with Crippen LogP contribution in [-0.4, -0.2) is 37.2 Å². The van der Waals surface area contributed by atoms with Crippen LogP contribution in [0.3, 0.4) is 0 Å². The average Bonchev–Trinajstić information content (AvgIpc) is 3.33. The molecular weight excluding hydrogens is 829 g/mol. The van der Waals surface area contributed by atoms with Crippen LogP contribution >= 0.6 is 0 Å². The smallest absolute Gasteiger partial charge is 0.306 e. The molecule has 0 amide bonds. The molecule has 0 bridgehead atoms. The lowest BCUT2D eigenvalue weighted by molar-refractivity contribution is -0.167. The van der Waals surface area contributed by atoms with Crippen molar-refractivity contribution >= 4 is 17.9 Å². The summed E-state index contributed by atoms with van der Waals surface area (Å²) in [4.78, 5) is 38.1. The van der Waals surface area contributed by atoms with E-state index in [1.54, 1.807) is 0 Å². The molecule has 0 spiro atoms. The molecule has 0 heterocycles. The van der Waals surface area contributed by atoms with Crippen LogP contribution in [0.1, 0.15) is 265 Å². The molecule has 0 aliphatic heterocycles. The summed E-state index contributed by atoms with van der Waals surface area (Å²) < 4.78 is 16.8. The van der Waals surface area contributed by atoms with Gasteiger partial charge in [-0.1, -0.05) is 215 Å². The summed E-state index contributed by atoms with van der Waals surface area (Å²) in [6.45, 7) is 6.52. The van der Waals surface area contributed by atoms with E-state index in [1.165, 1.54) is 122 Å². The highest BCUT2D eigenvalue weighted by atomic mass is 16.6. The summed E-state index contributed by atoms with van der Waals surface area (Å²) in [7, 11) is 0. The molecule has 67 heavy (non-hydrogen) atoms. The molecule has 6 heteroatoms. The van der Waals surface area contributed by atoms with Crippen molar-refractivity contribution in [1.29, 1.82) is 0 Å². The monoisotopic (exact) mass is 933 g/mol. The second kappa shape index (κ2) is 55.2. The first-order valence-electron chi connectivity index (χ1n) is 28.1. The fourth-order valence-corrected chi connectivity index (χ4v) is 7.55. The zero-order valence-corrected chi connectivity index (χ0v) is 43.9. The summed E-state index contributed by atoms with van der Waals surface area (Å²) in [5, 5.41) is 0. The highest BCUT2D eigenvalue weighted by Crippen LogP contribution is 2.14. The summed E-state index contributed by atoms with van der Waals surface area (Å²) in [5.74, 6) is -0.935. The molecule has 0 aromatic rings. The van der Waals surface area contributed by atoms with Crippen molar-refractivity contribution in [2.75, 3.05) is 13.2 Å². The third kappa shape index (κ3) is 53.4. The van der Waals surface area contributed by atoms with E-state index in [0.717, 1.165) is 103 Å². The van der Waals surface area contributed by atoms with Crippen LogP contribution in [0.25, 0.3) is 0 Å². The van der Waals surface area contributed by atoms with Gasteiger partial charge in [-0.2, -0.15) is 0 Å². The van der Waals surface area contributed by atoms with Crippen LogP contribution in [0.15, 0.2) is 85.1 Å². The maximum atomic E-state index is 12.8. The van der Waals surface area contributed by atoms with Crippen molar-refractivity contribution < 1.29 is 28.6 Å². The summed E-state index contributed by atoms with van der Waals surface area (Å²) in [6.07, 6.45) is 71.4. The number of carbonyl (C=O) groups is 3. The zero-order valence-electron chi connectivity index (χ0n) is 43.9. The molecule has 0 N–H and O–H groups in total. The summed E-state index contributed by atoms with van der Waals surface area (Å²) in [5.41, 5.74) is 0. The molecule has 0 aliphatic rings. The van der Waals surface area contributed by atoms with Crippen molar-refractivity contribution in [3.8, 4) is 0 Å². The van der Waals surface area contributed by atoms with E-state index < -0.39 is 6.10 Å². The summed E-state index contributed by atoms with van der Waals surface area (Å²) in [6, 6.07) is 0.